The molecule has 0 radical (unpaired) electrons. The second-order valence-corrected chi connectivity index (χ2v) is 5.48. The van der Waals surface area contributed by atoms with Crippen molar-refractivity contribution >= 4 is 5.97 Å². The van der Waals surface area contributed by atoms with Gasteiger partial charge in [-0.2, -0.15) is 4.98 Å². The molecule has 106 valence electrons. The summed E-state index contributed by atoms with van der Waals surface area (Å²) in [5.41, 5.74) is -0.386. The van der Waals surface area contributed by atoms with Gasteiger partial charge in [-0.1, -0.05) is 19.0 Å². The topological polar surface area (TPSA) is 88.7 Å². The van der Waals surface area contributed by atoms with Crippen LogP contribution in [0.2, 0.25) is 0 Å². The zero-order valence-corrected chi connectivity index (χ0v) is 11.4. The van der Waals surface area contributed by atoms with E-state index in [2.05, 4.69) is 15.0 Å². The van der Waals surface area contributed by atoms with Gasteiger partial charge >= 0.3 is 5.97 Å². The Morgan fingerprint density at radius 1 is 1.58 bits per heavy atom. The summed E-state index contributed by atoms with van der Waals surface area (Å²) in [4.78, 5) is 16.8. The molecule has 2 rings (SSSR count). The first kappa shape index (κ1) is 14.0. The third kappa shape index (κ3) is 3.51. The Kier molecular flexibility index (Phi) is 3.86. The largest absolute Gasteiger partial charge is 0.480 e. The molecule has 2 heterocycles. The van der Waals surface area contributed by atoms with Crippen molar-refractivity contribution in [3.8, 4) is 0 Å². The van der Waals surface area contributed by atoms with Gasteiger partial charge in [-0.05, 0) is 6.92 Å². The van der Waals surface area contributed by atoms with Gasteiger partial charge in [0.05, 0.1) is 12.1 Å². The number of carbonyl (C=O) groups is 1. The van der Waals surface area contributed by atoms with Gasteiger partial charge in [0.25, 0.3) is 0 Å². The summed E-state index contributed by atoms with van der Waals surface area (Å²) in [6.07, 6.45) is 0. The number of hydrogen-bond acceptors (Lipinski definition) is 6. The van der Waals surface area contributed by atoms with Gasteiger partial charge in [-0.15, -0.1) is 0 Å². The van der Waals surface area contributed by atoms with E-state index >= 15 is 0 Å². The zero-order valence-electron chi connectivity index (χ0n) is 11.4. The van der Waals surface area contributed by atoms with E-state index in [9.17, 15) is 4.79 Å². The molecular formula is C12H19N3O4. The molecule has 0 atom stereocenters. The first-order chi connectivity index (χ1) is 8.88. The summed E-state index contributed by atoms with van der Waals surface area (Å²) in [7, 11) is 0. The van der Waals surface area contributed by atoms with Gasteiger partial charge in [0, 0.05) is 19.0 Å². The maximum Gasteiger partial charge on any atom is 0.329 e. The normalized spacial score (nSPS) is 18.5. The smallest absolute Gasteiger partial charge is 0.329 e. The fourth-order valence-corrected chi connectivity index (χ4v) is 2.10. The van der Waals surface area contributed by atoms with E-state index in [1.807, 2.05) is 20.8 Å². The van der Waals surface area contributed by atoms with Crippen LogP contribution in [0.4, 0.5) is 0 Å². The Labute approximate surface area is 111 Å². The van der Waals surface area contributed by atoms with E-state index in [0.29, 0.717) is 31.3 Å². The molecule has 1 N–H and O–H groups in total. The number of hydrogen-bond donors (Lipinski definition) is 1. The van der Waals surface area contributed by atoms with Crippen LogP contribution in [0.25, 0.3) is 0 Å². The number of aromatic nitrogens is 2. The van der Waals surface area contributed by atoms with E-state index in [4.69, 9.17) is 14.4 Å². The van der Waals surface area contributed by atoms with E-state index in [0.717, 1.165) is 0 Å². The van der Waals surface area contributed by atoms with E-state index in [-0.39, 0.29) is 18.1 Å². The molecule has 0 unspecified atom stereocenters. The highest BCUT2D eigenvalue weighted by atomic mass is 16.5. The van der Waals surface area contributed by atoms with Crippen LogP contribution in [-0.2, 0) is 16.1 Å². The standard InChI is InChI=1S/C12H19N3O4/c1-8(2)11-13-9(14-19-11)4-15-6-12(3,7-15)18-5-10(16)17/h8H,4-7H2,1-3H3,(H,16,17). The van der Waals surface area contributed by atoms with Crippen LogP contribution in [0.1, 0.15) is 38.4 Å². The van der Waals surface area contributed by atoms with Gasteiger partial charge in [0.15, 0.2) is 5.82 Å². The van der Waals surface area contributed by atoms with E-state index in [1.54, 1.807) is 0 Å². The summed E-state index contributed by atoms with van der Waals surface area (Å²) in [5, 5.41) is 12.5. The quantitative estimate of drug-likeness (QED) is 0.819. The minimum Gasteiger partial charge on any atom is -0.480 e. The second kappa shape index (κ2) is 5.26. The third-order valence-electron chi connectivity index (χ3n) is 3.00. The van der Waals surface area contributed by atoms with Gasteiger partial charge in [-0.3, -0.25) is 4.90 Å². The number of likely N-dealkylation sites (tertiary alicyclic amines) is 1. The predicted octanol–water partition coefficient (Wildman–Crippen LogP) is 0.868. The highest BCUT2D eigenvalue weighted by Crippen LogP contribution is 2.26. The van der Waals surface area contributed by atoms with Crippen molar-refractivity contribution in [2.24, 2.45) is 0 Å². The molecule has 0 amide bonds. The van der Waals surface area contributed by atoms with Crippen LogP contribution in [0.3, 0.4) is 0 Å². The molecule has 0 saturated carbocycles. The summed E-state index contributed by atoms with van der Waals surface area (Å²) in [6.45, 7) is 7.58. The Morgan fingerprint density at radius 2 is 2.26 bits per heavy atom. The number of carboxylic acid groups (broad SMARTS) is 1. The molecule has 0 bridgehead atoms. The molecular weight excluding hydrogens is 250 g/mol. The fraction of sp³-hybridized carbons (Fsp3) is 0.750. The molecule has 1 aliphatic heterocycles. The summed E-state index contributed by atoms with van der Waals surface area (Å²) in [6, 6.07) is 0. The van der Waals surface area contributed by atoms with Crippen LogP contribution < -0.4 is 0 Å². The zero-order chi connectivity index (χ0) is 14.0. The van der Waals surface area contributed by atoms with Crippen molar-refractivity contribution in [1.29, 1.82) is 0 Å². The molecule has 1 aliphatic rings. The lowest BCUT2D eigenvalue weighted by molar-refractivity contribution is -0.166. The maximum atomic E-state index is 10.5. The molecule has 0 spiro atoms. The van der Waals surface area contributed by atoms with Crippen molar-refractivity contribution in [2.75, 3.05) is 19.7 Å². The number of carboxylic acids is 1. The molecule has 7 nitrogen and oxygen atoms in total. The predicted molar refractivity (Wildman–Crippen MR) is 65.7 cm³/mol. The van der Waals surface area contributed by atoms with Crippen molar-refractivity contribution in [3.63, 3.8) is 0 Å². The minimum atomic E-state index is -0.945. The van der Waals surface area contributed by atoms with Crippen LogP contribution in [-0.4, -0.2) is 51.4 Å². The highest BCUT2D eigenvalue weighted by Gasteiger charge is 2.40. The van der Waals surface area contributed by atoms with Gasteiger partial charge in [0.2, 0.25) is 5.89 Å². The lowest BCUT2D eigenvalue weighted by Crippen LogP contribution is -2.61. The SMILES string of the molecule is CC(C)c1nc(CN2CC(C)(OCC(=O)O)C2)no1. The van der Waals surface area contributed by atoms with Gasteiger partial charge in [-0.25, -0.2) is 4.79 Å². The lowest BCUT2D eigenvalue weighted by atomic mass is 9.96. The summed E-state index contributed by atoms with van der Waals surface area (Å²) in [5.74, 6) is 0.575. The Morgan fingerprint density at radius 3 is 2.79 bits per heavy atom. The minimum absolute atomic E-state index is 0.224. The third-order valence-corrected chi connectivity index (χ3v) is 3.00. The van der Waals surface area contributed by atoms with Crippen LogP contribution in [0.15, 0.2) is 4.52 Å². The van der Waals surface area contributed by atoms with Crippen molar-refractivity contribution in [1.82, 2.24) is 15.0 Å². The summed E-state index contributed by atoms with van der Waals surface area (Å²) >= 11 is 0. The van der Waals surface area contributed by atoms with E-state index in [1.165, 1.54) is 0 Å². The molecule has 1 saturated heterocycles. The molecule has 19 heavy (non-hydrogen) atoms. The maximum absolute atomic E-state index is 10.5. The average Bonchev–Trinajstić information content (AvgIpc) is 2.73. The van der Waals surface area contributed by atoms with Crippen molar-refractivity contribution in [2.45, 2.75) is 38.8 Å². The van der Waals surface area contributed by atoms with Crippen molar-refractivity contribution in [3.05, 3.63) is 11.7 Å². The molecule has 1 aromatic heterocycles. The highest BCUT2D eigenvalue weighted by molar-refractivity contribution is 5.68. The van der Waals surface area contributed by atoms with Gasteiger partial charge < -0.3 is 14.4 Å². The Bertz CT molecular complexity index is 452. The molecule has 1 fully saturated rings. The lowest BCUT2D eigenvalue weighted by Gasteiger charge is -2.46. The monoisotopic (exact) mass is 269 g/mol. The van der Waals surface area contributed by atoms with E-state index < -0.39 is 5.97 Å². The number of ether oxygens (including phenoxy) is 1. The fourth-order valence-electron chi connectivity index (χ4n) is 2.10. The number of aliphatic carboxylic acids is 1. The Hall–Kier alpha value is -1.47. The van der Waals surface area contributed by atoms with Crippen molar-refractivity contribution < 1.29 is 19.2 Å². The molecule has 0 aliphatic carbocycles. The van der Waals surface area contributed by atoms with Crippen LogP contribution in [0.5, 0.6) is 0 Å². The first-order valence-electron chi connectivity index (χ1n) is 6.28. The summed E-state index contributed by atoms with van der Waals surface area (Å²) < 4.78 is 10.5. The second-order valence-electron chi connectivity index (χ2n) is 5.48. The molecule has 0 aromatic carbocycles. The first-order valence-corrected chi connectivity index (χ1v) is 6.28. The number of nitrogens with zero attached hydrogens (tertiary/aromatic N) is 3. The molecule has 1 aromatic rings. The van der Waals surface area contributed by atoms with Crippen LogP contribution >= 0.6 is 0 Å². The molecule has 7 heteroatoms. The number of rotatable bonds is 6. The average molecular weight is 269 g/mol. The van der Waals surface area contributed by atoms with Gasteiger partial charge in [0.1, 0.15) is 6.61 Å². The van der Waals surface area contributed by atoms with Crippen LogP contribution in [0, 0.1) is 0 Å². The Balaban J connectivity index is 1.79.